The Kier molecular flexibility index (Phi) is 6.84. The minimum Gasteiger partial charge on any atom is -0.386 e. The van der Waals surface area contributed by atoms with E-state index in [0.29, 0.717) is 6.54 Å². The van der Waals surface area contributed by atoms with E-state index in [1.54, 1.807) is 6.26 Å². The number of guanidine groups is 1. The molecule has 0 amide bonds. The van der Waals surface area contributed by atoms with E-state index in [4.69, 9.17) is 4.52 Å². The van der Waals surface area contributed by atoms with Crippen molar-refractivity contribution in [3.8, 4) is 0 Å². The maximum atomic E-state index is 10.4. The molecule has 1 aromatic heterocycles. The molecule has 1 saturated heterocycles. The lowest BCUT2D eigenvalue weighted by atomic mass is 10.1. The van der Waals surface area contributed by atoms with Crippen LogP contribution in [0.5, 0.6) is 0 Å². The molecule has 2 aromatic rings. The van der Waals surface area contributed by atoms with Crippen LogP contribution in [0.15, 0.2) is 46.1 Å². The standard InChI is InChI=1S/C20H29N5O2/c1-3-21-20(22-14-19(26)17-6-4-16(2)5-7-17)25-11-9-24(10-12-25)15-18-8-13-27-23-18/h4-8,13,19,26H,3,9-12,14-15H2,1-2H3,(H,21,22). The van der Waals surface area contributed by atoms with Crippen molar-refractivity contribution in [1.29, 1.82) is 0 Å². The SMILES string of the molecule is CCNC(=NCC(O)c1ccc(C)cc1)N1CCN(Cc2ccon2)CC1. The van der Waals surface area contributed by atoms with Crippen molar-refractivity contribution in [1.82, 2.24) is 20.3 Å². The molecule has 1 aromatic carbocycles. The first-order valence-electron chi connectivity index (χ1n) is 9.55. The molecule has 7 nitrogen and oxygen atoms in total. The zero-order valence-corrected chi connectivity index (χ0v) is 16.1. The third-order valence-corrected chi connectivity index (χ3v) is 4.76. The number of piperazine rings is 1. The molecule has 2 N–H and O–H groups in total. The van der Waals surface area contributed by atoms with Crippen LogP contribution in [0.25, 0.3) is 0 Å². The first-order valence-corrected chi connectivity index (χ1v) is 9.55. The van der Waals surface area contributed by atoms with Gasteiger partial charge in [-0.2, -0.15) is 0 Å². The van der Waals surface area contributed by atoms with Gasteiger partial charge < -0.3 is 19.8 Å². The molecule has 0 saturated carbocycles. The van der Waals surface area contributed by atoms with Gasteiger partial charge in [-0.05, 0) is 19.4 Å². The number of aryl methyl sites for hydroxylation is 1. The summed E-state index contributed by atoms with van der Waals surface area (Å²) in [4.78, 5) is 9.29. The highest BCUT2D eigenvalue weighted by Gasteiger charge is 2.20. The number of hydrogen-bond donors (Lipinski definition) is 2. The highest BCUT2D eigenvalue weighted by atomic mass is 16.5. The summed E-state index contributed by atoms with van der Waals surface area (Å²) in [6.45, 7) is 9.74. The molecule has 1 aliphatic heterocycles. The van der Waals surface area contributed by atoms with Gasteiger partial charge in [0.1, 0.15) is 6.26 Å². The van der Waals surface area contributed by atoms with E-state index >= 15 is 0 Å². The molecule has 0 bridgehead atoms. The molecule has 27 heavy (non-hydrogen) atoms. The van der Waals surface area contributed by atoms with Crippen molar-refractivity contribution in [3.63, 3.8) is 0 Å². The van der Waals surface area contributed by atoms with Crippen molar-refractivity contribution >= 4 is 5.96 Å². The molecule has 1 fully saturated rings. The quantitative estimate of drug-likeness (QED) is 0.596. The summed E-state index contributed by atoms with van der Waals surface area (Å²) >= 11 is 0. The lowest BCUT2D eigenvalue weighted by molar-refractivity contribution is 0.166. The van der Waals surface area contributed by atoms with E-state index in [-0.39, 0.29) is 0 Å². The van der Waals surface area contributed by atoms with Crippen LogP contribution >= 0.6 is 0 Å². The van der Waals surface area contributed by atoms with Crippen molar-refractivity contribution < 1.29 is 9.63 Å². The average Bonchev–Trinajstić information content (AvgIpc) is 3.19. The van der Waals surface area contributed by atoms with E-state index in [9.17, 15) is 5.11 Å². The van der Waals surface area contributed by atoms with Gasteiger partial charge in [-0.15, -0.1) is 0 Å². The topological polar surface area (TPSA) is 77.1 Å². The van der Waals surface area contributed by atoms with Crippen LogP contribution in [-0.4, -0.2) is 65.3 Å². The van der Waals surface area contributed by atoms with E-state index in [1.165, 1.54) is 5.56 Å². The van der Waals surface area contributed by atoms with Crippen LogP contribution in [-0.2, 0) is 6.54 Å². The maximum absolute atomic E-state index is 10.4. The van der Waals surface area contributed by atoms with Gasteiger partial charge in [0.25, 0.3) is 0 Å². The molecule has 3 rings (SSSR count). The molecular formula is C20H29N5O2. The third kappa shape index (κ3) is 5.55. The maximum Gasteiger partial charge on any atom is 0.194 e. The van der Waals surface area contributed by atoms with Gasteiger partial charge in [0.05, 0.1) is 18.3 Å². The average molecular weight is 371 g/mol. The van der Waals surface area contributed by atoms with Gasteiger partial charge in [-0.3, -0.25) is 9.89 Å². The van der Waals surface area contributed by atoms with Crippen LogP contribution in [0.4, 0.5) is 0 Å². The number of nitrogens with zero attached hydrogens (tertiary/aromatic N) is 4. The molecule has 0 aliphatic carbocycles. The molecule has 0 radical (unpaired) electrons. The third-order valence-electron chi connectivity index (χ3n) is 4.76. The number of aliphatic hydroxyl groups is 1. The molecule has 1 unspecified atom stereocenters. The van der Waals surface area contributed by atoms with Gasteiger partial charge in [-0.1, -0.05) is 35.0 Å². The summed E-state index contributed by atoms with van der Waals surface area (Å²) in [5, 5.41) is 17.8. The molecule has 7 heteroatoms. The minimum atomic E-state index is -0.590. The van der Waals surface area contributed by atoms with E-state index in [2.05, 4.69) is 32.2 Å². The summed E-state index contributed by atoms with van der Waals surface area (Å²) in [5.41, 5.74) is 3.05. The summed E-state index contributed by atoms with van der Waals surface area (Å²) in [5.74, 6) is 0.866. The number of aromatic nitrogens is 1. The Morgan fingerprint density at radius 2 is 1.96 bits per heavy atom. The second kappa shape index (κ2) is 9.53. The Morgan fingerprint density at radius 1 is 1.22 bits per heavy atom. The first kappa shape index (κ1) is 19.4. The number of hydrogen-bond acceptors (Lipinski definition) is 5. The van der Waals surface area contributed by atoms with Gasteiger partial charge in [0.15, 0.2) is 5.96 Å². The van der Waals surface area contributed by atoms with Crippen LogP contribution in [0, 0.1) is 6.92 Å². The summed E-state index contributed by atoms with van der Waals surface area (Å²) in [6.07, 6.45) is 1.02. The molecule has 1 aliphatic rings. The molecule has 2 heterocycles. The number of nitrogens with one attached hydrogen (secondary N) is 1. The fourth-order valence-electron chi connectivity index (χ4n) is 3.16. The van der Waals surface area contributed by atoms with E-state index < -0.39 is 6.10 Å². The predicted molar refractivity (Wildman–Crippen MR) is 105 cm³/mol. The number of benzene rings is 1. The van der Waals surface area contributed by atoms with Gasteiger partial charge in [0, 0.05) is 45.3 Å². The summed E-state index contributed by atoms with van der Waals surface area (Å²) < 4.78 is 4.90. The smallest absolute Gasteiger partial charge is 0.194 e. The zero-order valence-electron chi connectivity index (χ0n) is 16.1. The van der Waals surface area contributed by atoms with Crippen LogP contribution in [0.3, 0.4) is 0 Å². The fourth-order valence-corrected chi connectivity index (χ4v) is 3.16. The van der Waals surface area contributed by atoms with Gasteiger partial charge in [-0.25, -0.2) is 0 Å². The van der Waals surface area contributed by atoms with Crippen LogP contribution in [0.1, 0.15) is 29.8 Å². The van der Waals surface area contributed by atoms with Crippen molar-refractivity contribution in [2.45, 2.75) is 26.5 Å². The Balaban J connectivity index is 1.55. The lowest BCUT2D eigenvalue weighted by Crippen LogP contribution is -2.52. The second-order valence-corrected chi connectivity index (χ2v) is 6.88. The first-order chi connectivity index (χ1) is 13.2. The van der Waals surface area contributed by atoms with Gasteiger partial charge in [0.2, 0.25) is 0 Å². The minimum absolute atomic E-state index is 0.352. The normalized spacial score (nSPS) is 17.1. The lowest BCUT2D eigenvalue weighted by Gasteiger charge is -2.36. The fraction of sp³-hybridized carbons (Fsp3) is 0.500. The highest BCUT2D eigenvalue weighted by Crippen LogP contribution is 2.14. The molecule has 0 spiro atoms. The molecule has 1 atom stereocenters. The molecular weight excluding hydrogens is 342 g/mol. The zero-order chi connectivity index (χ0) is 19.1. The Bertz CT molecular complexity index is 706. The Labute approximate surface area is 160 Å². The van der Waals surface area contributed by atoms with Crippen molar-refractivity contribution in [2.75, 3.05) is 39.3 Å². The van der Waals surface area contributed by atoms with Crippen LogP contribution < -0.4 is 5.32 Å². The van der Waals surface area contributed by atoms with Crippen LogP contribution in [0.2, 0.25) is 0 Å². The van der Waals surface area contributed by atoms with E-state index in [1.807, 2.05) is 37.3 Å². The highest BCUT2D eigenvalue weighted by molar-refractivity contribution is 5.80. The number of rotatable bonds is 6. The Hall–Kier alpha value is -2.38. The summed E-state index contributed by atoms with van der Waals surface area (Å²) in [6, 6.07) is 9.86. The van der Waals surface area contributed by atoms with E-state index in [0.717, 1.165) is 56.5 Å². The second-order valence-electron chi connectivity index (χ2n) is 6.88. The largest absolute Gasteiger partial charge is 0.386 e. The number of aliphatic hydroxyl groups excluding tert-OH is 1. The number of aliphatic imine (C=N–C) groups is 1. The monoisotopic (exact) mass is 371 g/mol. The van der Waals surface area contributed by atoms with Crippen molar-refractivity contribution in [3.05, 3.63) is 53.4 Å². The predicted octanol–water partition coefficient (Wildman–Crippen LogP) is 1.80. The summed E-state index contributed by atoms with van der Waals surface area (Å²) in [7, 11) is 0. The molecule has 146 valence electrons. The van der Waals surface area contributed by atoms with Crippen molar-refractivity contribution in [2.24, 2.45) is 4.99 Å². The van der Waals surface area contributed by atoms with Gasteiger partial charge >= 0.3 is 0 Å². The Morgan fingerprint density at radius 3 is 2.59 bits per heavy atom.